The Morgan fingerprint density at radius 1 is 1.31 bits per heavy atom. The van der Waals surface area contributed by atoms with E-state index in [2.05, 4.69) is 11.4 Å². The van der Waals surface area contributed by atoms with E-state index in [1.807, 2.05) is 13.8 Å². The van der Waals surface area contributed by atoms with Crippen molar-refractivity contribution in [3.8, 4) is 5.75 Å². The van der Waals surface area contributed by atoms with Gasteiger partial charge in [0.15, 0.2) is 11.6 Å². The van der Waals surface area contributed by atoms with Gasteiger partial charge in [0.1, 0.15) is 11.4 Å². The number of ether oxygens (including phenoxy) is 2. The van der Waals surface area contributed by atoms with Crippen LogP contribution in [0.5, 0.6) is 5.75 Å². The van der Waals surface area contributed by atoms with Crippen LogP contribution in [0.25, 0.3) is 0 Å². The predicted molar refractivity (Wildman–Crippen MR) is 99.6 cm³/mol. The average Bonchev–Trinajstić information content (AvgIpc) is 3.20. The molecular weight excluding hydrogens is 330 g/mol. The summed E-state index contributed by atoms with van der Waals surface area (Å²) in [6, 6.07) is 6.18. The smallest absolute Gasteiger partial charge is 0.183 e. The highest BCUT2D eigenvalue weighted by atomic mass is 16.6. The van der Waals surface area contributed by atoms with Gasteiger partial charge in [-0.25, -0.2) is 0 Å². The van der Waals surface area contributed by atoms with Crippen LogP contribution in [-0.2, 0) is 9.53 Å². The minimum Gasteiger partial charge on any atom is -0.497 e. The van der Waals surface area contributed by atoms with Crippen LogP contribution in [-0.4, -0.2) is 43.0 Å². The maximum atomic E-state index is 12.9. The lowest BCUT2D eigenvalue weighted by atomic mass is 9.93. The third kappa shape index (κ3) is 4.22. The number of methoxy groups -OCH3 is 1. The summed E-state index contributed by atoms with van der Waals surface area (Å²) in [5.41, 5.74) is 1.20. The summed E-state index contributed by atoms with van der Waals surface area (Å²) < 4.78 is 10.5. The summed E-state index contributed by atoms with van der Waals surface area (Å²) >= 11 is 0. The fourth-order valence-electron chi connectivity index (χ4n) is 3.41. The summed E-state index contributed by atoms with van der Waals surface area (Å²) in [5, 5.41) is 3.27. The van der Waals surface area contributed by atoms with Gasteiger partial charge >= 0.3 is 0 Å². The van der Waals surface area contributed by atoms with Crippen molar-refractivity contribution in [1.29, 1.82) is 0 Å². The Labute approximate surface area is 154 Å². The van der Waals surface area contributed by atoms with Gasteiger partial charge in [-0.3, -0.25) is 14.9 Å². The molecule has 1 aliphatic heterocycles. The lowest BCUT2D eigenvalue weighted by Gasteiger charge is -2.24. The molecule has 1 saturated heterocycles. The molecule has 5 nitrogen and oxygen atoms in total. The minimum absolute atomic E-state index is 0.0345. The Balaban J connectivity index is 1.69. The number of allylic oxidation sites excluding steroid dienone is 1. The van der Waals surface area contributed by atoms with E-state index < -0.39 is 17.7 Å². The van der Waals surface area contributed by atoms with Crippen molar-refractivity contribution >= 4 is 11.6 Å². The van der Waals surface area contributed by atoms with Gasteiger partial charge in [-0.05, 0) is 63.8 Å². The Kier molecular flexibility index (Phi) is 5.58. The molecule has 5 heteroatoms. The molecule has 140 valence electrons. The molecule has 1 aliphatic carbocycles. The molecule has 0 aromatic heterocycles. The van der Waals surface area contributed by atoms with Crippen molar-refractivity contribution in [1.82, 2.24) is 5.32 Å². The third-order valence-electron chi connectivity index (χ3n) is 5.24. The van der Waals surface area contributed by atoms with Crippen LogP contribution < -0.4 is 10.1 Å². The van der Waals surface area contributed by atoms with Crippen LogP contribution in [0.15, 0.2) is 35.9 Å². The Morgan fingerprint density at radius 2 is 2.00 bits per heavy atom. The number of epoxide rings is 1. The van der Waals surface area contributed by atoms with Gasteiger partial charge in [-0.2, -0.15) is 0 Å². The number of ketones is 2. The van der Waals surface area contributed by atoms with E-state index in [9.17, 15) is 9.59 Å². The van der Waals surface area contributed by atoms with E-state index in [0.29, 0.717) is 24.3 Å². The minimum atomic E-state index is -0.695. The van der Waals surface area contributed by atoms with E-state index in [4.69, 9.17) is 9.47 Å². The summed E-state index contributed by atoms with van der Waals surface area (Å²) in [6.45, 7) is 4.10. The number of hydrogen-bond donors (Lipinski definition) is 1. The second kappa shape index (κ2) is 7.72. The van der Waals surface area contributed by atoms with Crippen LogP contribution in [0.4, 0.5) is 0 Å². The summed E-state index contributed by atoms with van der Waals surface area (Å²) in [7, 11) is 1.59. The lowest BCUT2D eigenvalue weighted by Crippen LogP contribution is -2.49. The largest absolute Gasteiger partial charge is 0.497 e. The molecule has 0 spiro atoms. The maximum Gasteiger partial charge on any atom is 0.183 e. The quantitative estimate of drug-likeness (QED) is 0.418. The first-order valence-electron chi connectivity index (χ1n) is 9.23. The monoisotopic (exact) mass is 357 g/mol. The van der Waals surface area contributed by atoms with Crippen molar-refractivity contribution in [3.63, 3.8) is 0 Å². The van der Waals surface area contributed by atoms with Gasteiger partial charge in [-0.15, -0.1) is 0 Å². The van der Waals surface area contributed by atoms with Gasteiger partial charge in [0.05, 0.1) is 25.8 Å². The summed E-state index contributed by atoms with van der Waals surface area (Å²) in [5.74, 6) is 0.717. The van der Waals surface area contributed by atoms with E-state index in [0.717, 1.165) is 19.3 Å². The molecule has 1 heterocycles. The molecule has 1 fully saturated rings. The normalized spacial score (nSPS) is 23.9. The molecule has 0 radical (unpaired) electrons. The summed E-state index contributed by atoms with van der Waals surface area (Å²) in [6.07, 6.45) is 6.12. The number of hydrogen-bond acceptors (Lipinski definition) is 5. The molecule has 1 aromatic carbocycles. The van der Waals surface area contributed by atoms with Crippen LogP contribution in [0.3, 0.4) is 0 Å². The Morgan fingerprint density at radius 3 is 2.54 bits per heavy atom. The first-order chi connectivity index (χ1) is 12.4. The Hall–Kier alpha value is -1.98. The standard InChI is InChI=1S/C21H27NO4/c1-14(19(23)16-8-10-17(25-3)11-9-16)22-18(12-15-6-4-5-7-15)20(24)21(2)13-26-21/h6,8-11,14,18,22H,4-5,7,12-13H2,1-3H3/t14-,18-,21+/m0/s1. The van der Waals surface area contributed by atoms with Gasteiger partial charge < -0.3 is 9.47 Å². The maximum absolute atomic E-state index is 12.9. The number of carbonyl (C=O) groups excluding carboxylic acids is 2. The predicted octanol–water partition coefficient (Wildman–Crippen LogP) is 3.08. The molecule has 0 unspecified atom stereocenters. The van der Waals surface area contributed by atoms with Crippen molar-refractivity contribution < 1.29 is 19.1 Å². The van der Waals surface area contributed by atoms with Crippen LogP contribution >= 0.6 is 0 Å². The molecule has 0 bridgehead atoms. The fraction of sp³-hybridized carbons (Fsp3) is 0.524. The summed E-state index contributed by atoms with van der Waals surface area (Å²) in [4.78, 5) is 25.6. The highest BCUT2D eigenvalue weighted by molar-refractivity contribution is 6.01. The van der Waals surface area contributed by atoms with Gasteiger partial charge in [0.25, 0.3) is 0 Å². The van der Waals surface area contributed by atoms with Crippen molar-refractivity contribution in [2.75, 3.05) is 13.7 Å². The topological polar surface area (TPSA) is 67.9 Å². The van der Waals surface area contributed by atoms with Crippen molar-refractivity contribution in [2.45, 2.75) is 57.2 Å². The second-order valence-corrected chi connectivity index (χ2v) is 7.38. The zero-order chi connectivity index (χ0) is 18.7. The first-order valence-corrected chi connectivity index (χ1v) is 9.23. The molecule has 2 aliphatic rings. The van der Waals surface area contributed by atoms with E-state index in [1.54, 1.807) is 31.4 Å². The number of nitrogens with one attached hydrogen (secondary N) is 1. The zero-order valence-electron chi connectivity index (χ0n) is 15.7. The molecule has 3 rings (SSSR count). The molecule has 26 heavy (non-hydrogen) atoms. The van der Waals surface area contributed by atoms with Crippen molar-refractivity contribution in [3.05, 3.63) is 41.5 Å². The molecule has 0 amide bonds. The number of carbonyl (C=O) groups is 2. The fourth-order valence-corrected chi connectivity index (χ4v) is 3.41. The van der Waals surface area contributed by atoms with Crippen LogP contribution in [0, 0.1) is 0 Å². The Bertz CT molecular complexity index is 703. The lowest BCUT2D eigenvalue weighted by molar-refractivity contribution is -0.125. The highest BCUT2D eigenvalue weighted by Gasteiger charge is 2.50. The van der Waals surface area contributed by atoms with Crippen LogP contribution in [0.1, 0.15) is 49.9 Å². The number of Topliss-reactive ketones (excluding diaryl/α,β-unsaturated/α-hetero) is 2. The van der Waals surface area contributed by atoms with E-state index in [1.165, 1.54) is 5.57 Å². The SMILES string of the molecule is COc1ccc(C(=O)[C@H](C)N[C@@H](CC2=CCCC2)C(=O)[C@@]2(C)CO2)cc1. The highest BCUT2D eigenvalue weighted by Crippen LogP contribution is 2.31. The third-order valence-corrected chi connectivity index (χ3v) is 5.24. The van der Waals surface area contributed by atoms with Gasteiger partial charge in [0, 0.05) is 5.56 Å². The molecular formula is C21H27NO4. The second-order valence-electron chi connectivity index (χ2n) is 7.38. The van der Waals surface area contributed by atoms with E-state index >= 15 is 0 Å². The number of rotatable bonds is 9. The van der Waals surface area contributed by atoms with Crippen LogP contribution in [0.2, 0.25) is 0 Å². The van der Waals surface area contributed by atoms with Gasteiger partial charge in [0.2, 0.25) is 0 Å². The molecule has 0 saturated carbocycles. The zero-order valence-corrected chi connectivity index (χ0v) is 15.7. The average molecular weight is 357 g/mol. The molecule has 1 N–H and O–H groups in total. The van der Waals surface area contributed by atoms with Gasteiger partial charge in [-0.1, -0.05) is 11.6 Å². The van der Waals surface area contributed by atoms with E-state index in [-0.39, 0.29) is 11.6 Å². The first kappa shape index (κ1) is 18.8. The van der Waals surface area contributed by atoms with Crippen molar-refractivity contribution in [2.24, 2.45) is 0 Å². The molecule has 3 atom stereocenters. The number of benzene rings is 1. The molecule has 1 aromatic rings.